The van der Waals surface area contributed by atoms with E-state index < -0.39 is 11.6 Å². The van der Waals surface area contributed by atoms with E-state index in [1.165, 1.54) is 11.3 Å². The minimum Gasteiger partial charge on any atom is -0.460 e. The van der Waals surface area contributed by atoms with E-state index in [0.717, 1.165) is 88.2 Å². The van der Waals surface area contributed by atoms with Gasteiger partial charge < -0.3 is 14.7 Å². The molecule has 1 atom stereocenters. The van der Waals surface area contributed by atoms with Crippen molar-refractivity contribution in [3.05, 3.63) is 46.2 Å². The number of aryl methyl sites for hydroxylation is 1. The summed E-state index contributed by atoms with van der Waals surface area (Å²) in [5, 5.41) is 21.9. The third-order valence-corrected chi connectivity index (χ3v) is 9.24. The van der Waals surface area contributed by atoms with Gasteiger partial charge in [-0.1, -0.05) is 24.1 Å². The number of aliphatic hydroxyl groups is 1. The molecule has 9 heteroatoms. The molecule has 0 radical (unpaired) electrons. The number of benzene rings is 1. The van der Waals surface area contributed by atoms with E-state index in [0.29, 0.717) is 16.5 Å². The molecule has 198 valence electrons. The Balaban J connectivity index is 1.10. The third kappa shape index (κ3) is 5.49. The maximum atomic E-state index is 13.3. The molecule has 3 aromatic rings. The number of aldehydes is 1. The molecule has 37 heavy (non-hydrogen) atoms. The van der Waals surface area contributed by atoms with E-state index in [1.807, 2.05) is 28.3 Å². The smallest absolute Gasteiger partial charge is 0.344 e. The SMILES string of the molecule is CN(CCCn1nnc2cc(C=O)ccc21)[C@H]1CC[C@H](OC(=O)[C@](O)(c2cccs2)C2CCCC2)CC1. The van der Waals surface area contributed by atoms with Crippen molar-refractivity contribution in [1.82, 2.24) is 19.9 Å². The monoisotopic (exact) mass is 524 g/mol. The summed E-state index contributed by atoms with van der Waals surface area (Å²) in [7, 11) is 2.16. The highest BCUT2D eigenvalue weighted by Gasteiger charge is 2.49. The first kappa shape index (κ1) is 26.0. The van der Waals surface area contributed by atoms with Gasteiger partial charge in [-0.25, -0.2) is 9.48 Å². The number of hydrogen-bond donors (Lipinski definition) is 1. The number of ether oxygens (including phenoxy) is 1. The third-order valence-electron chi connectivity index (χ3n) is 8.25. The molecular weight excluding hydrogens is 488 g/mol. The lowest BCUT2D eigenvalue weighted by Gasteiger charge is -2.37. The number of aromatic nitrogens is 3. The number of thiophene rings is 1. The zero-order valence-electron chi connectivity index (χ0n) is 21.4. The van der Waals surface area contributed by atoms with E-state index >= 15 is 0 Å². The van der Waals surface area contributed by atoms with Crippen molar-refractivity contribution in [3.8, 4) is 0 Å². The zero-order chi connectivity index (χ0) is 25.8. The van der Waals surface area contributed by atoms with Crippen molar-refractivity contribution in [3.63, 3.8) is 0 Å². The number of hydrogen-bond acceptors (Lipinski definition) is 8. The van der Waals surface area contributed by atoms with E-state index in [4.69, 9.17) is 4.74 Å². The molecular formula is C28H36N4O4S. The van der Waals surface area contributed by atoms with Crippen LogP contribution in [0.4, 0.5) is 0 Å². The molecule has 0 aliphatic heterocycles. The van der Waals surface area contributed by atoms with Crippen LogP contribution >= 0.6 is 11.3 Å². The zero-order valence-corrected chi connectivity index (χ0v) is 22.2. The molecule has 2 aliphatic carbocycles. The molecule has 2 saturated carbocycles. The van der Waals surface area contributed by atoms with Crippen molar-refractivity contribution >= 4 is 34.6 Å². The van der Waals surface area contributed by atoms with Crippen molar-refractivity contribution in [2.24, 2.45) is 5.92 Å². The van der Waals surface area contributed by atoms with E-state index in [1.54, 1.807) is 12.1 Å². The van der Waals surface area contributed by atoms with E-state index in [9.17, 15) is 14.7 Å². The highest BCUT2D eigenvalue weighted by molar-refractivity contribution is 7.10. The van der Waals surface area contributed by atoms with Crippen LogP contribution in [0.3, 0.4) is 0 Å². The standard InChI is InChI=1S/C28H36N4O4S/c1-31(15-5-16-32-25-14-9-20(19-33)18-24(25)29-30-32)22-10-12-23(13-11-22)36-27(34)28(35,21-6-2-3-7-21)26-8-4-17-37-26/h4,8-9,14,17-19,21-23,35H,2-3,5-7,10-13,15-16H2,1H3/t22-,23-,28-/m1/s1. The molecule has 2 aliphatic rings. The predicted octanol–water partition coefficient (Wildman–Crippen LogP) is 4.56. The number of carbonyl (C=O) groups excluding carboxylic acids is 2. The average molecular weight is 525 g/mol. The molecule has 0 saturated heterocycles. The molecule has 0 amide bonds. The van der Waals surface area contributed by atoms with Gasteiger partial charge in [0, 0.05) is 28.9 Å². The summed E-state index contributed by atoms with van der Waals surface area (Å²) < 4.78 is 7.86. The molecule has 1 aromatic carbocycles. The molecule has 2 fully saturated rings. The van der Waals surface area contributed by atoms with Gasteiger partial charge in [0.2, 0.25) is 0 Å². The fourth-order valence-electron chi connectivity index (χ4n) is 6.03. The Morgan fingerprint density at radius 1 is 1.22 bits per heavy atom. The second-order valence-corrected chi connectivity index (χ2v) is 11.5. The fraction of sp³-hybridized carbons (Fsp3) is 0.571. The van der Waals surface area contributed by atoms with Gasteiger partial charge in [0.1, 0.15) is 17.9 Å². The first-order valence-corrected chi connectivity index (χ1v) is 14.3. The van der Waals surface area contributed by atoms with Crippen molar-refractivity contribution in [1.29, 1.82) is 0 Å². The molecule has 2 aromatic heterocycles. The Labute approximate surface area is 221 Å². The summed E-state index contributed by atoms with van der Waals surface area (Å²) in [5.74, 6) is -0.519. The van der Waals surface area contributed by atoms with Crippen LogP contribution in [-0.2, 0) is 21.7 Å². The molecule has 8 nitrogen and oxygen atoms in total. The van der Waals surface area contributed by atoms with Gasteiger partial charge >= 0.3 is 5.97 Å². The molecule has 0 bridgehead atoms. The van der Waals surface area contributed by atoms with Gasteiger partial charge in [0.15, 0.2) is 5.60 Å². The summed E-state index contributed by atoms with van der Waals surface area (Å²) in [6, 6.07) is 9.66. The average Bonchev–Trinajstić information content (AvgIpc) is 3.71. The van der Waals surface area contributed by atoms with Crippen LogP contribution in [0.25, 0.3) is 11.0 Å². The second kappa shape index (κ2) is 11.4. The Morgan fingerprint density at radius 3 is 2.70 bits per heavy atom. The maximum Gasteiger partial charge on any atom is 0.344 e. The lowest BCUT2D eigenvalue weighted by Crippen LogP contribution is -2.45. The topological polar surface area (TPSA) is 97.5 Å². The van der Waals surface area contributed by atoms with Crippen LogP contribution in [0.5, 0.6) is 0 Å². The lowest BCUT2D eigenvalue weighted by molar-refractivity contribution is -0.180. The van der Waals surface area contributed by atoms with Gasteiger partial charge in [0.25, 0.3) is 0 Å². The fourth-order valence-corrected chi connectivity index (χ4v) is 6.92. The largest absolute Gasteiger partial charge is 0.460 e. The quantitative estimate of drug-likeness (QED) is 0.307. The van der Waals surface area contributed by atoms with Crippen LogP contribution in [0.15, 0.2) is 35.7 Å². The van der Waals surface area contributed by atoms with Gasteiger partial charge in [0.05, 0.1) is 5.52 Å². The number of nitrogens with zero attached hydrogens (tertiary/aromatic N) is 4. The number of esters is 1. The van der Waals surface area contributed by atoms with Crippen molar-refractivity contribution < 1.29 is 19.4 Å². The van der Waals surface area contributed by atoms with Crippen molar-refractivity contribution in [2.75, 3.05) is 13.6 Å². The minimum atomic E-state index is -1.52. The summed E-state index contributed by atoms with van der Waals surface area (Å²) in [4.78, 5) is 27.4. The highest BCUT2D eigenvalue weighted by Crippen LogP contribution is 2.43. The van der Waals surface area contributed by atoms with Crippen LogP contribution in [0, 0.1) is 5.92 Å². The Bertz CT molecular complexity index is 1200. The summed E-state index contributed by atoms with van der Waals surface area (Å²) in [6.45, 7) is 1.69. The first-order chi connectivity index (χ1) is 18.0. The summed E-state index contributed by atoms with van der Waals surface area (Å²) in [5.41, 5.74) is 0.772. The number of fused-ring (bicyclic) bond motifs is 1. The Morgan fingerprint density at radius 2 is 2.00 bits per heavy atom. The first-order valence-electron chi connectivity index (χ1n) is 13.4. The normalized spacial score (nSPS) is 22.4. The van der Waals surface area contributed by atoms with Gasteiger partial charge in [-0.15, -0.1) is 16.4 Å². The molecule has 1 N–H and O–H groups in total. The lowest BCUT2D eigenvalue weighted by atomic mass is 9.84. The molecule has 0 spiro atoms. The second-order valence-electron chi connectivity index (χ2n) is 10.6. The minimum absolute atomic E-state index is 0.0599. The van der Waals surface area contributed by atoms with E-state index in [2.05, 4.69) is 22.3 Å². The molecule has 2 heterocycles. The van der Waals surface area contributed by atoms with Gasteiger partial charge in [-0.2, -0.15) is 0 Å². The molecule has 5 rings (SSSR count). The van der Waals surface area contributed by atoms with Crippen LogP contribution < -0.4 is 0 Å². The maximum absolute atomic E-state index is 13.3. The van der Waals surface area contributed by atoms with Crippen LogP contribution in [0.2, 0.25) is 0 Å². The number of carbonyl (C=O) groups is 2. The van der Waals surface area contributed by atoms with Crippen molar-refractivity contribution in [2.45, 2.75) is 82.1 Å². The van der Waals surface area contributed by atoms with E-state index in [-0.39, 0.29) is 12.0 Å². The summed E-state index contributed by atoms with van der Waals surface area (Å²) in [6.07, 6.45) is 9.04. The van der Waals surface area contributed by atoms with Gasteiger partial charge in [-0.05, 0) is 88.2 Å². The number of rotatable bonds is 10. The summed E-state index contributed by atoms with van der Waals surface area (Å²) >= 11 is 1.44. The Hall–Kier alpha value is -2.62. The molecule has 0 unspecified atom stereocenters. The highest BCUT2D eigenvalue weighted by atomic mass is 32.1. The van der Waals surface area contributed by atoms with Crippen LogP contribution in [-0.4, -0.2) is 63.0 Å². The van der Waals surface area contributed by atoms with Crippen LogP contribution in [0.1, 0.15) is 73.0 Å². The Kier molecular flexibility index (Phi) is 8.02. The predicted molar refractivity (Wildman–Crippen MR) is 142 cm³/mol. The van der Waals surface area contributed by atoms with Gasteiger partial charge in [-0.3, -0.25) is 4.79 Å².